The minimum atomic E-state index is 0.383. The first-order chi connectivity index (χ1) is 8.54. The molecule has 0 radical (unpaired) electrons. The fourth-order valence-corrected chi connectivity index (χ4v) is 2.17. The zero-order chi connectivity index (χ0) is 13.5. The number of hydrogen-bond acceptors (Lipinski definition) is 2. The summed E-state index contributed by atoms with van der Waals surface area (Å²) in [7, 11) is 0. The Kier molecular flexibility index (Phi) is 6.03. The second-order valence-electron chi connectivity index (χ2n) is 5.35. The number of unbranched alkanes of at least 4 members (excludes halogenated alkanes) is 3. The van der Waals surface area contributed by atoms with Gasteiger partial charge in [-0.3, -0.25) is 0 Å². The summed E-state index contributed by atoms with van der Waals surface area (Å²) in [6.45, 7) is 8.44. The molecule has 2 N–H and O–H groups in total. The van der Waals surface area contributed by atoms with Gasteiger partial charge in [-0.05, 0) is 50.5 Å². The van der Waals surface area contributed by atoms with Gasteiger partial charge < -0.3 is 10.4 Å². The van der Waals surface area contributed by atoms with E-state index in [1.54, 1.807) is 0 Å². The highest BCUT2D eigenvalue weighted by molar-refractivity contribution is 5.57. The third kappa shape index (κ3) is 4.59. The van der Waals surface area contributed by atoms with Crippen LogP contribution in [0.3, 0.4) is 0 Å². The molecule has 0 aromatic heterocycles. The quantitative estimate of drug-likeness (QED) is 0.538. The van der Waals surface area contributed by atoms with E-state index in [-0.39, 0.29) is 0 Å². The summed E-state index contributed by atoms with van der Waals surface area (Å²) in [4.78, 5) is 0. The average molecular weight is 249 g/mol. The van der Waals surface area contributed by atoms with Crippen molar-refractivity contribution in [3.63, 3.8) is 0 Å². The minimum absolute atomic E-state index is 0.383. The average Bonchev–Trinajstić information content (AvgIpc) is 2.32. The molecule has 0 aliphatic rings. The van der Waals surface area contributed by atoms with E-state index >= 15 is 0 Å². The summed E-state index contributed by atoms with van der Waals surface area (Å²) in [5.41, 5.74) is 3.19. The first kappa shape index (κ1) is 14.9. The zero-order valence-corrected chi connectivity index (χ0v) is 12.2. The molecule has 1 rings (SSSR count). The van der Waals surface area contributed by atoms with E-state index in [4.69, 9.17) is 0 Å². The molecule has 0 saturated heterocycles. The Morgan fingerprint density at radius 3 is 2.50 bits per heavy atom. The Morgan fingerprint density at radius 2 is 1.83 bits per heavy atom. The van der Waals surface area contributed by atoms with Crippen molar-refractivity contribution < 1.29 is 5.11 Å². The van der Waals surface area contributed by atoms with E-state index in [0.717, 1.165) is 16.8 Å². The lowest BCUT2D eigenvalue weighted by atomic mass is 10.1. The molecule has 0 spiro atoms. The van der Waals surface area contributed by atoms with Crippen LogP contribution in [0.2, 0.25) is 0 Å². The highest BCUT2D eigenvalue weighted by atomic mass is 16.3. The Morgan fingerprint density at radius 1 is 1.11 bits per heavy atom. The van der Waals surface area contributed by atoms with Gasteiger partial charge in [0, 0.05) is 11.7 Å². The molecular formula is C16H27NO. The van der Waals surface area contributed by atoms with Gasteiger partial charge in [0.05, 0.1) is 0 Å². The summed E-state index contributed by atoms with van der Waals surface area (Å²) in [5, 5.41) is 13.2. The minimum Gasteiger partial charge on any atom is -0.508 e. The van der Waals surface area contributed by atoms with Crippen LogP contribution in [0, 0.1) is 13.8 Å². The van der Waals surface area contributed by atoms with Gasteiger partial charge in [-0.15, -0.1) is 0 Å². The fourth-order valence-electron chi connectivity index (χ4n) is 2.17. The van der Waals surface area contributed by atoms with Crippen LogP contribution < -0.4 is 5.32 Å². The van der Waals surface area contributed by atoms with Crippen molar-refractivity contribution >= 4 is 5.69 Å². The molecule has 2 nitrogen and oxygen atoms in total. The molecule has 0 saturated carbocycles. The largest absolute Gasteiger partial charge is 0.508 e. The lowest BCUT2D eigenvalue weighted by Gasteiger charge is -2.18. The Labute approximate surface area is 111 Å². The number of rotatable bonds is 7. The van der Waals surface area contributed by atoms with E-state index < -0.39 is 0 Å². The molecule has 0 bridgehead atoms. The van der Waals surface area contributed by atoms with Gasteiger partial charge in [-0.2, -0.15) is 0 Å². The standard InChI is InChI=1S/C16H27NO/c1-5-6-7-8-9-14(4)17-15-10-13(3)16(18)11-12(15)2/h10-11,14,17-18H,5-9H2,1-4H3. The third-order valence-corrected chi connectivity index (χ3v) is 3.44. The summed E-state index contributed by atoms with van der Waals surface area (Å²) >= 11 is 0. The molecule has 0 aliphatic carbocycles. The number of aromatic hydroxyl groups is 1. The monoisotopic (exact) mass is 249 g/mol. The van der Waals surface area contributed by atoms with Crippen LogP contribution in [0.25, 0.3) is 0 Å². The van der Waals surface area contributed by atoms with E-state index in [2.05, 4.69) is 19.2 Å². The molecule has 0 amide bonds. The molecule has 18 heavy (non-hydrogen) atoms. The second kappa shape index (κ2) is 7.30. The summed E-state index contributed by atoms with van der Waals surface area (Å²) in [6.07, 6.45) is 6.45. The number of benzene rings is 1. The van der Waals surface area contributed by atoms with Crippen LogP contribution in [0.1, 0.15) is 57.1 Å². The molecule has 1 aromatic carbocycles. The van der Waals surface area contributed by atoms with Crippen LogP contribution in [-0.2, 0) is 0 Å². The number of hydrogen-bond donors (Lipinski definition) is 2. The van der Waals surface area contributed by atoms with Crippen molar-refractivity contribution in [2.24, 2.45) is 0 Å². The first-order valence-corrected chi connectivity index (χ1v) is 7.11. The predicted molar refractivity (Wildman–Crippen MR) is 79.4 cm³/mol. The fraction of sp³-hybridized carbons (Fsp3) is 0.625. The lowest BCUT2D eigenvalue weighted by molar-refractivity contribution is 0.470. The van der Waals surface area contributed by atoms with Crippen molar-refractivity contribution in [1.82, 2.24) is 0 Å². The van der Waals surface area contributed by atoms with Gasteiger partial charge in [0.1, 0.15) is 5.75 Å². The highest BCUT2D eigenvalue weighted by Gasteiger charge is 2.06. The van der Waals surface area contributed by atoms with Gasteiger partial charge in [0.2, 0.25) is 0 Å². The maximum atomic E-state index is 9.63. The molecule has 1 unspecified atom stereocenters. The Hall–Kier alpha value is -1.18. The van der Waals surface area contributed by atoms with E-state index in [1.165, 1.54) is 32.1 Å². The van der Waals surface area contributed by atoms with Crippen LogP contribution in [0.4, 0.5) is 5.69 Å². The predicted octanol–water partition coefficient (Wildman–Crippen LogP) is 4.78. The van der Waals surface area contributed by atoms with E-state index in [1.807, 2.05) is 26.0 Å². The van der Waals surface area contributed by atoms with Crippen molar-refractivity contribution in [2.45, 2.75) is 65.8 Å². The number of aryl methyl sites for hydroxylation is 2. The second-order valence-corrected chi connectivity index (χ2v) is 5.35. The van der Waals surface area contributed by atoms with E-state index in [9.17, 15) is 5.11 Å². The number of phenols is 1. The molecule has 1 aromatic rings. The van der Waals surface area contributed by atoms with Gasteiger partial charge in [-0.1, -0.05) is 32.6 Å². The lowest BCUT2D eigenvalue weighted by Crippen LogP contribution is -2.15. The zero-order valence-electron chi connectivity index (χ0n) is 12.2. The van der Waals surface area contributed by atoms with Gasteiger partial charge in [-0.25, -0.2) is 0 Å². The number of nitrogens with one attached hydrogen (secondary N) is 1. The molecule has 2 heteroatoms. The Balaban J connectivity index is 2.48. The van der Waals surface area contributed by atoms with Crippen LogP contribution in [0.5, 0.6) is 5.75 Å². The SMILES string of the molecule is CCCCCCC(C)Nc1cc(C)c(O)cc1C. The van der Waals surface area contributed by atoms with E-state index in [0.29, 0.717) is 11.8 Å². The molecule has 0 aliphatic heterocycles. The topological polar surface area (TPSA) is 32.3 Å². The van der Waals surface area contributed by atoms with Crippen molar-refractivity contribution in [2.75, 3.05) is 5.32 Å². The maximum absolute atomic E-state index is 9.63. The summed E-state index contributed by atoms with van der Waals surface area (Å²) < 4.78 is 0. The first-order valence-electron chi connectivity index (χ1n) is 7.11. The number of anilines is 1. The summed E-state index contributed by atoms with van der Waals surface area (Å²) in [6, 6.07) is 4.36. The maximum Gasteiger partial charge on any atom is 0.118 e. The molecule has 1 atom stereocenters. The Bertz CT molecular complexity index is 374. The van der Waals surface area contributed by atoms with Gasteiger partial charge in [0.15, 0.2) is 0 Å². The van der Waals surface area contributed by atoms with Gasteiger partial charge >= 0.3 is 0 Å². The van der Waals surface area contributed by atoms with Crippen LogP contribution in [-0.4, -0.2) is 11.1 Å². The molecule has 102 valence electrons. The van der Waals surface area contributed by atoms with Crippen LogP contribution >= 0.6 is 0 Å². The smallest absolute Gasteiger partial charge is 0.118 e. The van der Waals surface area contributed by atoms with Crippen LogP contribution in [0.15, 0.2) is 12.1 Å². The highest BCUT2D eigenvalue weighted by Crippen LogP contribution is 2.25. The number of phenolic OH excluding ortho intramolecular Hbond substituents is 1. The molecule has 0 heterocycles. The van der Waals surface area contributed by atoms with Crippen molar-refractivity contribution in [1.29, 1.82) is 0 Å². The van der Waals surface area contributed by atoms with Crippen molar-refractivity contribution in [3.8, 4) is 5.75 Å². The van der Waals surface area contributed by atoms with Gasteiger partial charge in [0.25, 0.3) is 0 Å². The molecular weight excluding hydrogens is 222 g/mol. The third-order valence-electron chi connectivity index (χ3n) is 3.44. The van der Waals surface area contributed by atoms with Crippen molar-refractivity contribution in [3.05, 3.63) is 23.3 Å². The summed E-state index contributed by atoms with van der Waals surface area (Å²) in [5.74, 6) is 0.383. The normalized spacial score (nSPS) is 12.4. The molecule has 0 fully saturated rings.